The molecule has 1 rings (SSSR count). The summed E-state index contributed by atoms with van der Waals surface area (Å²) < 4.78 is 6.53. The van der Waals surface area contributed by atoms with Crippen LogP contribution in [0.4, 0.5) is 0 Å². The molecule has 106 valence electrons. The highest BCUT2D eigenvalue weighted by atomic mass is 79.9. The van der Waals surface area contributed by atoms with Gasteiger partial charge in [0, 0.05) is 4.47 Å². The van der Waals surface area contributed by atoms with Gasteiger partial charge in [-0.15, -0.1) is 0 Å². The molecular formula is C14H20BrNO3. The summed E-state index contributed by atoms with van der Waals surface area (Å²) in [5.74, 6) is -0.340. The minimum Gasteiger partial charge on any atom is -0.494 e. The van der Waals surface area contributed by atoms with Crippen molar-refractivity contribution in [2.24, 2.45) is 11.7 Å². The Morgan fingerprint density at radius 3 is 2.53 bits per heavy atom. The Hall–Kier alpha value is -1.07. The molecule has 5 heteroatoms. The molecule has 1 aromatic rings. The fourth-order valence-corrected chi connectivity index (χ4v) is 2.04. The number of unbranched alkanes of at least 4 members (excludes halogenated alkanes) is 1. The number of carbonyl (C=O) groups is 1. The van der Waals surface area contributed by atoms with Gasteiger partial charge in [0.2, 0.25) is 0 Å². The van der Waals surface area contributed by atoms with Gasteiger partial charge in [-0.25, -0.2) is 0 Å². The lowest BCUT2D eigenvalue weighted by molar-refractivity contribution is -0.142. The highest BCUT2D eigenvalue weighted by Gasteiger charge is 2.16. The van der Waals surface area contributed by atoms with Crippen LogP contribution in [0.2, 0.25) is 0 Å². The van der Waals surface area contributed by atoms with Crippen molar-refractivity contribution >= 4 is 21.9 Å². The van der Waals surface area contributed by atoms with Crippen LogP contribution in [-0.4, -0.2) is 24.2 Å². The molecule has 0 radical (unpaired) electrons. The second-order valence-corrected chi connectivity index (χ2v) is 5.33. The SMILES string of the molecule is NCCCCC(CCOc1ccc(Br)cc1)C(=O)O. The minimum atomic E-state index is -0.753. The number of carboxylic acids is 1. The number of halogens is 1. The van der Waals surface area contributed by atoms with E-state index in [-0.39, 0.29) is 5.92 Å². The average Bonchev–Trinajstić information content (AvgIpc) is 2.39. The normalized spacial score (nSPS) is 12.1. The van der Waals surface area contributed by atoms with Gasteiger partial charge in [0.15, 0.2) is 0 Å². The molecular weight excluding hydrogens is 310 g/mol. The van der Waals surface area contributed by atoms with Crippen LogP contribution in [-0.2, 0) is 4.79 Å². The molecule has 0 aromatic heterocycles. The number of benzene rings is 1. The first kappa shape index (κ1) is 16.0. The van der Waals surface area contributed by atoms with Crippen LogP contribution in [0, 0.1) is 5.92 Å². The summed E-state index contributed by atoms with van der Waals surface area (Å²) in [5.41, 5.74) is 5.40. The number of rotatable bonds is 9. The second kappa shape index (κ2) is 8.93. The van der Waals surface area contributed by atoms with E-state index < -0.39 is 5.97 Å². The molecule has 1 aromatic carbocycles. The first-order chi connectivity index (χ1) is 9.13. The van der Waals surface area contributed by atoms with Crippen molar-refractivity contribution in [3.63, 3.8) is 0 Å². The van der Waals surface area contributed by atoms with E-state index in [0.717, 1.165) is 23.1 Å². The molecule has 4 nitrogen and oxygen atoms in total. The van der Waals surface area contributed by atoms with Gasteiger partial charge < -0.3 is 15.6 Å². The van der Waals surface area contributed by atoms with Crippen LogP contribution in [0.1, 0.15) is 25.7 Å². The van der Waals surface area contributed by atoms with E-state index in [9.17, 15) is 4.79 Å². The van der Waals surface area contributed by atoms with Crippen molar-refractivity contribution < 1.29 is 14.6 Å². The van der Waals surface area contributed by atoms with Gasteiger partial charge in [0.1, 0.15) is 5.75 Å². The maximum absolute atomic E-state index is 11.1. The Labute approximate surface area is 122 Å². The molecule has 0 amide bonds. The lowest BCUT2D eigenvalue weighted by Crippen LogP contribution is -2.17. The molecule has 0 spiro atoms. The van der Waals surface area contributed by atoms with Crippen LogP contribution < -0.4 is 10.5 Å². The summed E-state index contributed by atoms with van der Waals surface area (Å²) in [4.78, 5) is 11.1. The molecule has 19 heavy (non-hydrogen) atoms. The zero-order valence-corrected chi connectivity index (χ0v) is 12.4. The Morgan fingerprint density at radius 1 is 1.26 bits per heavy atom. The van der Waals surface area contributed by atoms with E-state index in [1.807, 2.05) is 24.3 Å². The van der Waals surface area contributed by atoms with Gasteiger partial charge in [-0.2, -0.15) is 0 Å². The first-order valence-electron chi connectivity index (χ1n) is 6.44. The zero-order chi connectivity index (χ0) is 14.1. The fraction of sp³-hybridized carbons (Fsp3) is 0.500. The Kier molecular flexibility index (Phi) is 7.52. The Morgan fingerprint density at radius 2 is 1.95 bits per heavy atom. The van der Waals surface area contributed by atoms with Crippen LogP contribution in [0.5, 0.6) is 5.75 Å². The van der Waals surface area contributed by atoms with Crippen molar-refractivity contribution in [2.75, 3.05) is 13.2 Å². The third-order valence-corrected chi connectivity index (χ3v) is 3.43. The van der Waals surface area contributed by atoms with Crippen molar-refractivity contribution in [3.05, 3.63) is 28.7 Å². The van der Waals surface area contributed by atoms with E-state index >= 15 is 0 Å². The van der Waals surface area contributed by atoms with E-state index in [1.165, 1.54) is 0 Å². The fourth-order valence-electron chi connectivity index (χ4n) is 1.78. The van der Waals surface area contributed by atoms with E-state index in [4.69, 9.17) is 15.6 Å². The zero-order valence-electron chi connectivity index (χ0n) is 10.8. The van der Waals surface area contributed by atoms with Crippen LogP contribution in [0.25, 0.3) is 0 Å². The lowest BCUT2D eigenvalue weighted by atomic mass is 9.99. The molecule has 0 saturated carbocycles. The molecule has 1 atom stereocenters. The number of hydrogen-bond acceptors (Lipinski definition) is 3. The van der Waals surface area contributed by atoms with Crippen LogP contribution in [0.3, 0.4) is 0 Å². The largest absolute Gasteiger partial charge is 0.494 e. The van der Waals surface area contributed by atoms with Gasteiger partial charge in [0.25, 0.3) is 0 Å². The van der Waals surface area contributed by atoms with Crippen molar-refractivity contribution in [1.82, 2.24) is 0 Å². The Balaban J connectivity index is 2.31. The molecule has 0 heterocycles. The molecule has 0 aliphatic carbocycles. The number of ether oxygens (including phenoxy) is 1. The summed E-state index contributed by atoms with van der Waals surface area (Å²) in [6.07, 6.45) is 2.91. The van der Waals surface area contributed by atoms with Crippen LogP contribution >= 0.6 is 15.9 Å². The number of carboxylic acid groups (broad SMARTS) is 1. The van der Waals surface area contributed by atoms with Gasteiger partial charge in [-0.3, -0.25) is 4.79 Å². The van der Waals surface area contributed by atoms with Crippen LogP contribution in [0.15, 0.2) is 28.7 Å². The van der Waals surface area contributed by atoms with Gasteiger partial charge in [-0.05, 0) is 50.1 Å². The monoisotopic (exact) mass is 329 g/mol. The molecule has 0 aliphatic heterocycles. The lowest BCUT2D eigenvalue weighted by Gasteiger charge is -2.12. The third kappa shape index (κ3) is 6.59. The Bertz CT molecular complexity index is 381. The quantitative estimate of drug-likeness (QED) is 0.683. The predicted octanol–water partition coefficient (Wildman–Crippen LogP) is 3.05. The predicted molar refractivity (Wildman–Crippen MR) is 78.3 cm³/mol. The smallest absolute Gasteiger partial charge is 0.306 e. The average molecular weight is 330 g/mol. The standard InChI is InChI=1S/C14H20BrNO3/c15-12-4-6-13(7-5-12)19-10-8-11(14(17)18)3-1-2-9-16/h4-7,11H,1-3,8-10,16H2,(H,17,18). The summed E-state index contributed by atoms with van der Waals surface area (Å²) >= 11 is 3.35. The number of nitrogens with two attached hydrogens (primary N) is 1. The summed E-state index contributed by atoms with van der Waals surface area (Å²) in [6, 6.07) is 7.50. The second-order valence-electron chi connectivity index (χ2n) is 4.41. The highest BCUT2D eigenvalue weighted by molar-refractivity contribution is 9.10. The van der Waals surface area contributed by atoms with E-state index in [0.29, 0.717) is 26.0 Å². The summed E-state index contributed by atoms with van der Waals surface area (Å²) in [5, 5.41) is 9.11. The van der Waals surface area contributed by atoms with Crippen molar-refractivity contribution in [1.29, 1.82) is 0 Å². The summed E-state index contributed by atoms with van der Waals surface area (Å²) in [7, 11) is 0. The minimum absolute atomic E-state index is 0.345. The first-order valence-corrected chi connectivity index (χ1v) is 7.24. The molecule has 1 unspecified atom stereocenters. The molecule has 0 saturated heterocycles. The molecule has 0 fully saturated rings. The number of hydrogen-bond donors (Lipinski definition) is 2. The molecule has 3 N–H and O–H groups in total. The summed E-state index contributed by atoms with van der Waals surface area (Å²) in [6.45, 7) is 1.03. The third-order valence-electron chi connectivity index (χ3n) is 2.90. The van der Waals surface area contributed by atoms with Crippen molar-refractivity contribution in [3.8, 4) is 5.75 Å². The molecule has 0 bridgehead atoms. The van der Waals surface area contributed by atoms with Crippen molar-refractivity contribution in [2.45, 2.75) is 25.7 Å². The highest BCUT2D eigenvalue weighted by Crippen LogP contribution is 2.18. The maximum atomic E-state index is 11.1. The maximum Gasteiger partial charge on any atom is 0.306 e. The van der Waals surface area contributed by atoms with Gasteiger partial charge >= 0.3 is 5.97 Å². The van der Waals surface area contributed by atoms with E-state index in [1.54, 1.807) is 0 Å². The topological polar surface area (TPSA) is 72.5 Å². The van der Waals surface area contributed by atoms with E-state index in [2.05, 4.69) is 15.9 Å². The number of aliphatic carboxylic acids is 1. The van der Waals surface area contributed by atoms with Gasteiger partial charge in [-0.1, -0.05) is 22.4 Å². The molecule has 0 aliphatic rings. The van der Waals surface area contributed by atoms with Gasteiger partial charge in [0.05, 0.1) is 12.5 Å².